The maximum absolute atomic E-state index is 12.0. The standard InChI is InChI=1S/C16H24N2O4/c1-16(2,3)22-15(20)18(4)11-13(14(19)21-5)17-12-9-7-6-8-10-12/h6-10,13,17H,11H2,1-5H3/t13-/m0/s1. The van der Waals surface area contributed by atoms with Gasteiger partial charge in [-0.05, 0) is 32.9 Å². The van der Waals surface area contributed by atoms with Crippen LogP contribution in [0, 0.1) is 0 Å². The summed E-state index contributed by atoms with van der Waals surface area (Å²) in [4.78, 5) is 25.2. The minimum absolute atomic E-state index is 0.135. The molecule has 1 atom stereocenters. The van der Waals surface area contributed by atoms with Crippen LogP contribution in [0.2, 0.25) is 0 Å². The second kappa shape index (κ2) is 7.68. The smallest absolute Gasteiger partial charge is 0.410 e. The molecule has 0 bridgehead atoms. The van der Waals surface area contributed by atoms with E-state index in [1.807, 2.05) is 30.3 Å². The summed E-state index contributed by atoms with van der Waals surface area (Å²) in [7, 11) is 2.90. The van der Waals surface area contributed by atoms with E-state index in [0.717, 1.165) is 5.69 Å². The van der Waals surface area contributed by atoms with Crippen molar-refractivity contribution in [3.63, 3.8) is 0 Å². The Morgan fingerprint density at radius 3 is 2.32 bits per heavy atom. The molecular weight excluding hydrogens is 284 g/mol. The zero-order valence-electron chi connectivity index (χ0n) is 13.8. The Morgan fingerprint density at radius 2 is 1.82 bits per heavy atom. The minimum Gasteiger partial charge on any atom is -0.467 e. The Hall–Kier alpha value is -2.24. The third kappa shape index (κ3) is 6.03. The van der Waals surface area contributed by atoms with Crippen LogP contribution in [0.25, 0.3) is 0 Å². The van der Waals surface area contributed by atoms with Crippen LogP contribution >= 0.6 is 0 Å². The largest absolute Gasteiger partial charge is 0.467 e. The van der Waals surface area contributed by atoms with Crippen LogP contribution in [0.15, 0.2) is 30.3 Å². The van der Waals surface area contributed by atoms with Crippen LogP contribution in [-0.2, 0) is 14.3 Å². The third-order valence-corrected chi connectivity index (χ3v) is 2.76. The molecule has 6 nitrogen and oxygen atoms in total. The van der Waals surface area contributed by atoms with Crippen molar-refractivity contribution in [3.8, 4) is 0 Å². The summed E-state index contributed by atoms with van der Waals surface area (Å²) in [5.41, 5.74) is 0.189. The molecule has 1 N–H and O–H groups in total. The third-order valence-electron chi connectivity index (χ3n) is 2.76. The number of hydrogen-bond donors (Lipinski definition) is 1. The highest BCUT2D eigenvalue weighted by molar-refractivity contribution is 5.80. The van der Waals surface area contributed by atoms with Gasteiger partial charge in [0, 0.05) is 12.7 Å². The quantitative estimate of drug-likeness (QED) is 0.847. The number of para-hydroxylation sites is 1. The number of methoxy groups -OCH3 is 1. The van der Waals surface area contributed by atoms with Crippen molar-refractivity contribution in [1.82, 2.24) is 4.90 Å². The average Bonchev–Trinajstić information content (AvgIpc) is 2.45. The molecule has 0 aliphatic rings. The topological polar surface area (TPSA) is 67.9 Å². The molecule has 0 unspecified atom stereocenters. The lowest BCUT2D eigenvalue weighted by Crippen LogP contribution is -2.44. The van der Waals surface area contributed by atoms with E-state index < -0.39 is 23.7 Å². The lowest BCUT2D eigenvalue weighted by Gasteiger charge is -2.27. The number of carbonyl (C=O) groups excluding carboxylic acids is 2. The lowest BCUT2D eigenvalue weighted by atomic mass is 10.2. The number of amides is 1. The number of likely N-dealkylation sites (N-methyl/N-ethyl adjacent to an activating group) is 1. The predicted molar refractivity (Wildman–Crippen MR) is 84.7 cm³/mol. The molecule has 0 fully saturated rings. The predicted octanol–water partition coefficient (Wildman–Crippen LogP) is 2.51. The van der Waals surface area contributed by atoms with Gasteiger partial charge in [0.25, 0.3) is 0 Å². The molecule has 0 saturated carbocycles. The van der Waals surface area contributed by atoms with E-state index >= 15 is 0 Å². The first kappa shape index (κ1) is 17.8. The number of anilines is 1. The molecule has 0 spiro atoms. The summed E-state index contributed by atoms with van der Waals surface area (Å²) in [5.74, 6) is -0.445. The average molecular weight is 308 g/mol. The lowest BCUT2D eigenvalue weighted by molar-refractivity contribution is -0.141. The van der Waals surface area contributed by atoms with E-state index in [-0.39, 0.29) is 6.54 Å². The first-order valence-electron chi connectivity index (χ1n) is 7.06. The van der Waals surface area contributed by atoms with Crippen LogP contribution in [-0.4, -0.2) is 49.3 Å². The molecule has 122 valence electrons. The van der Waals surface area contributed by atoms with Gasteiger partial charge in [-0.1, -0.05) is 18.2 Å². The molecule has 22 heavy (non-hydrogen) atoms. The molecule has 6 heteroatoms. The van der Waals surface area contributed by atoms with Gasteiger partial charge in [0.2, 0.25) is 0 Å². The molecule has 0 radical (unpaired) electrons. The van der Waals surface area contributed by atoms with Gasteiger partial charge in [-0.3, -0.25) is 0 Å². The molecule has 1 rings (SSSR count). The number of ether oxygens (including phenoxy) is 2. The van der Waals surface area contributed by atoms with Crippen molar-refractivity contribution in [2.75, 3.05) is 26.0 Å². The number of nitrogens with one attached hydrogen (secondary N) is 1. The van der Waals surface area contributed by atoms with E-state index in [4.69, 9.17) is 9.47 Å². The van der Waals surface area contributed by atoms with Gasteiger partial charge >= 0.3 is 12.1 Å². The first-order chi connectivity index (χ1) is 10.2. The van der Waals surface area contributed by atoms with Crippen molar-refractivity contribution >= 4 is 17.7 Å². The minimum atomic E-state index is -0.676. The normalized spacial score (nSPS) is 12.2. The zero-order valence-corrected chi connectivity index (χ0v) is 13.8. The molecule has 0 saturated heterocycles. The summed E-state index contributed by atoms with van der Waals surface area (Å²) in [6.07, 6.45) is -0.490. The SMILES string of the molecule is COC(=O)[C@H](CN(C)C(=O)OC(C)(C)C)Nc1ccccc1. The summed E-state index contributed by atoms with van der Waals surface area (Å²) < 4.78 is 10.1. The summed E-state index contributed by atoms with van der Waals surface area (Å²) in [6.45, 7) is 5.51. The summed E-state index contributed by atoms with van der Waals surface area (Å²) in [5, 5.41) is 3.05. The number of esters is 1. The van der Waals surface area contributed by atoms with Crippen LogP contribution in [0.3, 0.4) is 0 Å². The number of hydrogen-bond acceptors (Lipinski definition) is 5. The van der Waals surface area contributed by atoms with Gasteiger partial charge in [0.1, 0.15) is 11.6 Å². The van der Waals surface area contributed by atoms with E-state index in [1.54, 1.807) is 27.8 Å². The monoisotopic (exact) mass is 308 g/mol. The zero-order chi connectivity index (χ0) is 16.8. The number of carbonyl (C=O) groups is 2. The first-order valence-corrected chi connectivity index (χ1v) is 7.06. The Kier molecular flexibility index (Phi) is 6.22. The molecule has 0 aromatic heterocycles. The molecule has 0 aliphatic heterocycles. The highest BCUT2D eigenvalue weighted by Gasteiger charge is 2.26. The summed E-state index contributed by atoms with van der Waals surface area (Å²) >= 11 is 0. The van der Waals surface area contributed by atoms with Crippen LogP contribution in [0.4, 0.5) is 10.5 Å². The second-order valence-electron chi connectivity index (χ2n) is 5.95. The number of benzene rings is 1. The molecular formula is C16H24N2O4. The highest BCUT2D eigenvalue weighted by Crippen LogP contribution is 2.12. The van der Waals surface area contributed by atoms with E-state index in [0.29, 0.717) is 0 Å². The summed E-state index contributed by atoms with van der Waals surface area (Å²) in [6, 6.07) is 8.59. The highest BCUT2D eigenvalue weighted by atomic mass is 16.6. The molecule has 0 heterocycles. The van der Waals surface area contributed by atoms with Gasteiger partial charge < -0.3 is 19.7 Å². The second-order valence-corrected chi connectivity index (χ2v) is 5.95. The van der Waals surface area contributed by atoms with Crippen LogP contribution in [0.1, 0.15) is 20.8 Å². The maximum Gasteiger partial charge on any atom is 0.410 e. The van der Waals surface area contributed by atoms with Gasteiger partial charge in [-0.25, -0.2) is 9.59 Å². The van der Waals surface area contributed by atoms with Gasteiger partial charge in [0.05, 0.1) is 13.7 Å². The fraction of sp³-hybridized carbons (Fsp3) is 0.500. The fourth-order valence-electron chi connectivity index (χ4n) is 1.75. The Morgan fingerprint density at radius 1 is 1.23 bits per heavy atom. The Bertz CT molecular complexity index is 497. The van der Waals surface area contributed by atoms with Gasteiger partial charge in [0.15, 0.2) is 0 Å². The fourth-order valence-corrected chi connectivity index (χ4v) is 1.75. The molecule has 1 amide bonds. The van der Waals surface area contributed by atoms with Gasteiger partial charge in [-0.15, -0.1) is 0 Å². The molecule has 1 aromatic rings. The molecule has 0 aliphatic carbocycles. The maximum atomic E-state index is 12.0. The van der Waals surface area contributed by atoms with Crippen LogP contribution in [0.5, 0.6) is 0 Å². The van der Waals surface area contributed by atoms with Crippen molar-refractivity contribution in [2.24, 2.45) is 0 Å². The number of rotatable bonds is 5. The molecule has 1 aromatic carbocycles. The van der Waals surface area contributed by atoms with Crippen molar-refractivity contribution in [1.29, 1.82) is 0 Å². The Balaban J connectivity index is 2.73. The van der Waals surface area contributed by atoms with Crippen LogP contribution < -0.4 is 5.32 Å². The number of nitrogens with zero attached hydrogens (tertiary/aromatic N) is 1. The van der Waals surface area contributed by atoms with E-state index in [2.05, 4.69) is 5.32 Å². The van der Waals surface area contributed by atoms with Crippen molar-refractivity contribution in [2.45, 2.75) is 32.4 Å². The van der Waals surface area contributed by atoms with E-state index in [1.165, 1.54) is 12.0 Å². The van der Waals surface area contributed by atoms with Crippen molar-refractivity contribution < 1.29 is 19.1 Å². The van der Waals surface area contributed by atoms with Crippen molar-refractivity contribution in [3.05, 3.63) is 30.3 Å². The van der Waals surface area contributed by atoms with Gasteiger partial charge in [-0.2, -0.15) is 0 Å². The van der Waals surface area contributed by atoms with E-state index in [9.17, 15) is 9.59 Å². The Labute approximate surface area is 131 Å².